The van der Waals surface area contributed by atoms with Crippen LogP contribution in [-0.2, 0) is 11.2 Å². The summed E-state index contributed by atoms with van der Waals surface area (Å²) in [6, 6.07) is 17.6. The Morgan fingerprint density at radius 3 is 2.29 bits per heavy atom. The largest absolute Gasteiger partial charge is 0.299 e. The maximum atomic E-state index is 11.6. The molecule has 2 saturated carbocycles. The Labute approximate surface area is 169 Å². The minimum Gasteiger partial charge on any atom is -0.299 e. The normalized spacial score (nSPS) is 28.8. The van der Waals surface area contributed by atoms with Crippen molar-refractivity contribution in [3.05, 3.63) is 76.9 Å². The highest BCUT2D eigenvalue weighted by Crippen LogP contribution is 2.63. The summed E-state index contributed by atoms with van der Waals surface area (Å²) in [5.41, 5.74) is 5.90. The van der Waals surface area contributed by atoms with Gasteiger partial charge in [-0.3, -0.25) is 4.79 Å². The summed E-state index contributed by atoms with van der Waals surface area (Å²) < 4.78 is 0. The molecular weight excluding hydrogens is 340 g/mol. The zero-order valence-electron chi connectivity index (χ0n) is 17.7. The fourth-order valence-corrected chi connectivity index (χ4v) is 5.38. The predicted octanol–water partition coefficient (Wildman–Crippen LogP) is 6.75. The quantitative estimate of drug-likeness (QED) is 0.570. The monoisotopic (exact) mass is 372 g/mol. The van der Waals surface area contributed by atoms with Gasteiger partial charge in [-0.2, -0.15) is 0 Å². The van der Waals surface area contributed by atoms with Crippen molar-refractivity contribution in [2.24, 2.45) is 16.7 Å². The average molecular weight is 373 g/mol. The molecule has 3 atom stereocenters. The maximum Gasteiger partial charge on any atom is 0.139 e. The highest BCUT2D eigenvalue weighted by atomic mass is 16.1. The van der Waals surface area contributed by atoms with Gasteiger partial charge in [-0.15, -0.1) is 0 Å². The molecular formula is C27H32O. The van der Waals surface area contributed by atoms with Crippen LogP contribution in [0.25, 0.3) is 6.08 Å². The van der Waals surface area contributed by atoms with E-state index < -0.39 is 0 Å². The first-order valence-electron chi connectivity index (χ1n) is 10.7. The van der Waals surface area contributed by atoms with Crippen LogP contribution in [-0.4, -0.2) is 5.78 Å². The molecule has 0 spiro atoms. The molecule has 2 bridgehead atoms. The van der Waals surface area contributed by atoms with Gasteiger partial charge in [0, 0.05) is 17.8 Å². The van der Waals surface area contributed by atoms with Crippen molar-refractivity contribution in [3.63, 3.8) is 0 Å². The molecule has 3 aliphatic rings. The van der Waals surface area contributed by atoms with Gasteiger partial charge < -0.3 is 0 Å². The Balaban J connectivity index is 0.000000151. The van der Waals surface area contributed by atoms with E-state index in [1.165, 1.54) is 28.7 Å². The van der Waals surface area contributed by atoms with Gasteiger partial charge in [-0.1, -0.05) is 87.0 Å². The molecule has 0 amide bonds. The van der Waals surface area contributed by atoms with Gasteiger partial charge in [-0.25, -0.2) is 0 Å². The number of hydrogen-bond donors (Lipinski definition) is 0. The fraction of sp³-hybridized carbons (Fsp3) is 0.444. The second-order valence-corrected chi connectivity index (χ2v) is 9.70. The first-order chi connectivity index (χ1) is 13.3. The molecule has 0 aliphatic heterocycles. The minimum atomic E-state index is 0.0255. The van der Waals surface area contributed by atoms with E-state index in [4.69, 9.17) is 0 Å². The van der Waals surface area contributed by atoms with E-state index >= 15 is 0 Å². The summed E-state index contributed by atoms with van der Waals surface area (Å²) in [4.78, 5) is 11.6. The van der Waals surface area contributed by atoms with E-state index in [9.17, 15) is 4.79 Å². The number of aryl methyl sites for hydroxylation is 1. The van der Waals surface area contributed by atoms with E-state index in [1.807, 2.05) is 0 Å². The summed E-state index contributed by atoms with van der Waals surface area (Å²) in [5, 5.41) is 0. The lowest BCUT2D eigenvalue weighted by molar-refractivity contribution is -0.128. The standard InChI is InChI=1S/C17H16.C10H16O/c1-13-6-8-14(9-7-13)12-16-11-10-15-4-2-3-5-17(15)16;1-9(2)7-4-5-10(9,3)8(11)6-7/h2-11,16H,12H2,1H3;7H,4-6H2,1-3H3. The lowest BCUT2D eigenvalue weighted by Gasteiger charge is -2.32. The molecule has 5 rings (SSSR count). The molecule has 1 heteroatoms. The van der Waals surface area contributed by atoms with Crippen LogP contribution in [0.5, 0.6) is 0 Å². The van der Waals surface area contributed by atoms with Crippen molar-refractivity contribution in [2.45, 2.75) is 59.3 Å². The van der Waals surface area contributed by atoms with Gasteiger partial charge in [0.15, 0.2) is 0 Å². The molecule has 0 N–H and O–H groups in total. The molecule has 2 aromatic carbocycles. The summed E-state index contributed by atoms with van der Waals surface area (Å²) in [6.07, 6.45) is 8.93. The van der Waals surface area contributed by atoms with Crippen molar-refractivity contribution in [2.75, 3.05) is 0 Å². The topological polar surface area (TPSA) is 17.1 Å². The Bertz CT molecular complexity index is 902. The van der Waals surface area contributed by atoms with Gasteiger partial charge in [0.2, 0.25) is 0 Å². The third-order valence-electron chi connectivity index (χ3n) is 7.96. The lowest BCUT2D eigenvalue weighted by Crippen LogP contribution is -2.32. The number of hydrogen-bond acceptors (Lipinski definition) is 1. The van der Waals surface area contributed by atoms with Crippen molar-refractivity contribution in [1.82, 2.24) is 0 Å². The fourth-order valence-electron chi connectivity index (χ4n) is 5.38. The van der Waals surface area contributed by atoms with Crippen LogP contribution in [0.1, 0.15) is 68.2 Å². The number of benzene rings is 2. The number of Topliss-reactive ketones (excluding diaryl/α,β-unsaturated/α-hetero) is 1. The maximum absolute atomic E-state index is 11.6. The van der Waals surface area contributed by atoms with Crippen molar-refractivity contribution >= 4 is 11.9 Å². The molecule has 2 fully saturated rings. The zero-order chi connectivity index (χ0) is 19.9. The van der Waals surface area contributed by atoms with E-state index in [2.05, 4.69) is 88.4 Å². The molecule has 0 radical (unpaired) electrons. The van der Waals surface area contributed by atoms with Gasteiger partial charge >= 0.3 is 0 Å². The first-order valence-corrected chi connectivity index (χ1v) is 10.7. The van der Waals surface area contributed by atoms with Gasteiger partial charge in [0.25, 0.3) is 0 Å². The summed E-state index contributed by atoms with van der Waals surface area (Å²) in [6.45, 7) is 8.81. The molecule has 146 valence electrons. The lowest BCUT2D eigenvalue weighted by atomic mass is 9.70. The van der Waals surface area contributed by atoms with Crippen molar-refractivity contribution in [3.8, 4) is 0 Å². The second-order valence-electron chi connectivity index (χ2n) is 9.70. The molecule has 0 heterocycles. The molecule has 2 aromatic rings. The summed E-state index contributed by atoms with van der Waals surface area (Å²) >= 11 is 0. The molecule has 3 unspecified atom stereocenters. The Kier molecular flexibility index (Phi) is 4.81. The average Bonchev–Trinajstić information content (AvgIpc) is 3.24. The van der Waals surface area contributed by atoms with E-state index in [0.29, 0.717) is 17.6 Å². The highest BCUT2D eigenvalue weighted by Gasteiger charge is 2.61. The smallest absolute Gasteiger partial charge is 0.139 e. The number of ketones is 1. The van der Waals surface area contributed by atoms with E-state index in [0.717, 1.165) is 19.3 Å². The number of carbonyl (C=O) groups is 1. The molecule has 0 saturated heterocycles. The Hall–Kier alpha value is -2.15. The number of carbonyl (C=O) groups excluding carboxylic acids is 1. The Morgan fingerprint density at radius 2 is 1.71 bits per heavy atom. The summed E-state index contributed by atoms with van der Waals surface area (Å²) in [5.74, 6) is 1.74. The second kappa shape index (κ2) is 7.03. The molecule has 0 aromatic heterocycles. The predicted molar refractivity (Wildman–Crippen MR) is 117 cm³/mol. The number of rotatable bonds is 2. The van der Waals surface area contributed by atoms with Crippen LogP contribution in [0.3, 0.4) is 0 Å². The van der Waals surface area contributed by atoms with E-state index in [1.54, 1.807) is 0 Å². The van der Waals surface area contributed by atoms with Crippen LogP contribution in [0.15, 0.2) is 54.6 Å². The molecule has 28 heavy (non-hydrogen) atoms. The zero-order valence-corrected chi connectivity index (χ0v) is 17.7. The van der Waals surface area contributed by atoms with Crippen LogP contribution in [0.2, 0.25) is 0 Å². The number of allylic oxidation sites excluding steroid dienone is 1. The van der Waals surface area contributed by atoms with Crippen molar-refractivity contribution in [1.29, 1.82) is 0 Å². The highest BCUT2D eigenvalue weighted by molar-refractivity contribution is 5.89. The Morgan fingerprint density at radius 1 is 1.00 bits per heavy atom. The first kappa shape index (κ1) is 19.2. The van der Waals surface area contributed by atoms with Crippen LogP contribution < -0.4 is 0 Å². The van der Waals surface area contributed by atoms with Crippen LogP contribution >= 0.6 is 0 Å². The third-order valence-corrected chi connectivity index (χ3v) is 7.96. The van der Waals surface area contributed by atoms with Crippen LogP contribution in [0, 0.1) is 23.7 Å². The van der Waals surface area contributed by atoms with Gasteiger partial charge in [-0.05, 0) is 54.2 Å². The summed E-state index contributed by atoms with van der Waals surface area (Å²) in [7, 11) is 0. The van der Waals surface area contributed by atoms with Crippen molar-refractivity contribution < 1.29 is 4.79 Å². The molecule has 1 nitrogen and oxygen atoms in total. The SMILES string of the molecule is CC12CCC(CC1=O)C2(C)C.Cc1ccc(CC2C=Cc3ccccc32)cc1. The van der Waals surface area contributed by atoms with Gasteiger partial charge in [0.1, 0.15) is 5.78 Å². The molecule has 3 aliphatic carbocycles. The third kappa shape index (κ3) is 3.15. The number of fused-ring (bicyclic) bond motifs is 3. The van der Waals surface area contributed by atoms with E-state index in [-0.39, 0.29) is 10.8 Å². The van der Waals surface area contributed by atoms with Crippen LogP contribution in [0.4, 0.5) is 0 Å². The van der Waals surface area contributed by atoms with Gasteiger partial charge in [0.05, 0.1) is 0 Å². The minimum absolute atomic E-state index is 0.0255.